The number of nitrogens with zero attached hydrogens (tertiary/aromatic N) is 3. The van der Waals surface area contributed by atoms with Gasteiger partial charge in [0.05, 0.1) is 6.54 Å². The minimum Gasteiger partial charge on any atom is -0.477 e. The Bertz CT molecular complexity index is 635. The summed E-state index contributed by atoms with van der Waals surface area (Å²) in [6.45, 7) is 4.64. The van der Waals surface area contributed by atoms with Crippen molar-refractivity contribution >= 4 is 28.6 Å². The zero-order valence-electron chi connectivity index (χ0n) is 11.1. The molecule has 2 aromatic rings. The summed E-state index contributed by atoms with van der Waals surface area (Å²) in [7, 11) is 0. The van der Waals surface area contributed by atoms with E-state index in [4.69, 9.17) is 5.11 Å². The lowest BCUT2D eigenvalue weighted by Gasteiger charge is -2.25. The van der Waals surface area contributed by atoms with E-state index >= 15 is 0 Å². The van der Waals surface area contributed by atoms with Crippen LogP contribution in [0.5, 0.6) is 0 Å². The van der Waals surface area contributed by atoms with Crippen LogP contribution in [0.25, 0.3) is 0 Å². The first-order valence-corrected chi connectivity index (χ1v) is 8.17. The van der Waals surface area contributed by atoms with Crippen LogP contribution in [-0.2, 0) is 25.9 Å². The van der Waals surface area contributed by atoms with Gasteiger partial charge in [0.1, 0.15) is 14.9 Å². The van der Waals surface area contributed by atoms with Crippen LogP contribution >= 0.6 is 22.7 Å². The van der Waals surface area contributed by atoms with E-state index in [2.05, 4.69) is 22.0 Å². The second kappa shape index (κ2) is 5.59. The summed E-state index contributed by atoms with van der Waals surface area (Å²) in [5.74, 6) is -0.826. The number of hydrogen-bond acceptors (Lipinski definition) is 6. The number of hydrogen-bond donors (Lipinski definition) is 1. The van der Waals surface area contributed by atoms with E-state index in [-0.39, 0.29) is 0 Å². The Morgan fingerprint density at radius 3 is 2.90 bits per heavy atom. The van der Waals surface area contributed by atoms with E-state index < -0.39 is 5.97 Å². The van der Waals surface area contributed by atoms with Gasteiger partial charge < -0.3 is 5.11 Å². The molecule has 1 aliphatic rings. The van der Waals surface area contributed by atoms with Crippen LogP contribution in [0.3, 0.4) is 0 Å². The largest absolute Gasteiger partial charge is 0.477 e. The monoisotopic (exact) mass is 309 g/mol. The van der Waals surface area contributed by atoms with Gasteiger partial charge in [0.2, 0.25) is 0 Å². The zero-order chi connectivity index (χ0) is 14.1. The highest BCUT2D eigenvalue weighted by Gasteiger charge is 2.22. The second-order valence-corrected chi connectivity index (χ2v) is 7.05. The summed E-state index contributed by atoms with van der Waals surface area (Å²) >= 11 is 3.06. The van der Waals surface area contributed by atoms with Gasteiger partial charge in [-0.15, -0.1) is 32.9 Å². The van der Waals surface area contributed by atoms with Gasteiger partial charge in [-0.05, 0) is 24.5 Å². The van der Waals surface area contributed by atoms with Crippen molar-refractivity contribution in [1.82, 2.24) is 15.1 Å². The van der Waals surface area contributed by atoms with Crippen molar-refractivity contribution in [3.8, 4) is 0 Å². The van der Waals surface area contributed by atoms with E-state index in [1.807, 2.05) is 6.07 Å². The third-order valence-electron chi connectivity index (χ3n) is 3.34. The maximum Gasteiger partial charge on any atom is 0.345 e. The van der Waals surface area contributed by atoms with Crippen LogP contribution in [0.15, 0.2) is 6.07 Å². The average molecular weight is 309 g/mol. The summed E-state index contributed by atoms with van der Waals surface area (Å²) in [5, 5.41) is 19.5. The lowest BCUT2D eigenvalue weighted by molar-refractivity contribution is 0.0702. The zero-order valence-corrected chi connectivity index (χ0v) is 12.8. The minimum atomic E-state index is -0.826. The molecule has 1 N–H and O–H groups in total. The molecule has 7 heteroatoms. The lowest BCUT2D eigenvalue weighted by Crippen LogP contribution is -2.28. The van der Waals surface area contributed by atoms with Gasteiger partial charge in [-0.3, -0.25) is 4.90 Å². The quantitative estimate of drug-likeness (QED) is 0.939. The number of aryl methyl sites for hydroxylation is 1. The first-order valence-electron chi connectivity index (χ1n) is 6.54. The number of carbonyl (C=O) groups is 1. The van der Waals surface area contributed by atoms with Crippen LogP contribution in [-0.4, -0.2) is 32.7 Å². The average Bonchev–Trinajstić information content (AvgIpc) is 3.04. The Kier molecular flexibility index (Phi) is 3.82. The predicted molar refractivity (Wildman–Crippen MR) is 78.4 cm³/mol. The molecule has 0 atom stereocenters. The van der Waals surface area contributed by atoms with Gasteiger partial charge in [-0.25, -0.2) is 4.79 Å². The van der Waals surface area contributed by atoms with Crippen molar-refractivity contribution in [3.05, 3.63) is 31.4 Å². The van der Waals surface area contributed by atoms with Crippen molar-refractivity contribution in [2.75, 3.05) is 6.54 Å². The van der Waals surface area contributed by atoms with E-state index in [9.17, 15) is 4.79 Å². The number of carboxylic acids is 1. The molecular formula is C13H15N3O2S2. The fraction of sp³-hybridized carbons (Fsp3) is 0.462. The molecule has 0 spiro atoms. The summed E-state index contributed by atoms with van der Waals surface area (Å²) in [6, 6.07) is 1.82. The molecule has 0 amide bonds. The topological polar surface area (TPSA) is 66.3 Å². The molecule has 0 radical (unpaired) electrons. The SMILES string of the molecule is CCc1nnc(CN2CCc3cc(C(=O)O)sc3C2)s1. The normalized spacial score (nSPS) is 15.2. The number of aromatic nitrogens is 2. The van der Waals surface area contributed by atoms with E-state index in [1.165, 1.54) is 21.8 Å². The number of aromatic carboxylic acids is 1. The Balaban J connectivity index is 1.70. The Morgan fingerprint density at radius 1 is 1.40 bits per heavy atom. The molecule has 0 bridgehead atoms. The number of thiophene rings is 1. The lowest BCUT2D eigenvalue weighted by atomic mass is 10.1. The van der Waals surface area contributed by atoms with Gasteiger partial charge in [-0.1, -0.05) is 6.92 Å². The number of rotatable bonds is 4. The first kappa shape index (κ1) is 13.7. The molecule has 5 nitrogen and oxygen atoms in total. The Labute approximate surface area is 124 Å². The minimum absolute atomic E-state index is 0.445. The standard InChI is InChI=1S/C13H15N3O2S2/c1-2-11-14-15-12(20-11)7-16-4-3-8-5-9(13(17)18)19-10(8)6-16/h5H,2-4,6-7H2,1H3,(H,17,18). The van der Waals surface area contributed by atoms with Crippen molar-refractivity contribution in [2.24, 2.45) is 0 Å². The fourth-order valence-electron chi connectivity index (χ4n) is 2.30. The van der Waals surface area contributed by atoms with Crippen LogP contribution in [0.4, 0.5) is 0 Å². The van der Waals surface area contributed by atoms with Gasteiger partial charge >= 0.3 is 5.97 Å². The van der Waals surface area contributed by atoms with Crippen molar-refractivity contribution in [2.45, 2.75) is 32.9 Å². The maximum atomic E-state index is 11.0. The third kappa shape index (κ3) is 2.74. The number of carboxylic acid groups (broad SMARTS) is 1. The number of fused-ring (bicyclic) bond motifs is 1. The third-order valence-corrected chi connectivity index (χ3v) is 5.54. The Hall–Kier alpha value is -1.31. The molecule has 106 valence electrons. The summed E-state index contributed by atoms with van der Waals surface area (Å²) in [4.78, 5) is 14.9. The molecule has 0 saturated carbocycles. The summed E-state index contributed by atoms with van der Waals surface area (Å²) in [5.41, 5.74) is 1.19. The molecule has 0 aliphatic carbocycles. The smallest absolute Gasteiger partial charge is 0.345 e. The van der Waals surface area contributed by atoms with Crippen molar-refractivity contribution in [1.29, 1.82) is 0 Å². The van der Waals surface area contributed by atoms with Gasteiger partial charge in [-0.2, -0.15) is 0 Å². The first-order chi connectivity index (χ1) is 9.65. The van der Waals surface area contributed by atoms with Crippen LogP contribution in [0.1, 0.15) is 37.1 Å². The highest BCUT2D eigenvalue weighted by molar-refractivity contribution is 7.14. The van der Waals surface area contributed by atoms with Crippen molar-refractivity contribution in [3.63, 3.8) is 0 Å². The van der Waals surface area contributed by atoms with E-state index in [0.29, 0.717) is 4.88 Å². The van der Waals surface area contributed by atoms with E-state index in [1.54, 1.807) is 11.3 Å². The maximum absolute atomic E-state index is 11.0. The van der Waals surface area contributed by atoms with Gasteiger partial charge in [0.25, 0.3) is 0 Å². The predicted octanol–water partition coefficient (Wildman–Crippen LogP) is 2.42. The summed E-state index contributed by atoms with van der Waals surface area (Å²) < 4.78 is 0. The van der Waals surface area contributed by atoms with Crippen LogP contribution in [0, 0.1) is 0 Å². The Morgan fingerprint density at radius 2 is 2.20 bits per heavy atom. The van der Waals surface area contributed by atoms with Gasteiger partial charge in [0, 0.05) is 18.0 Å². The van der Waals surface area contributed by atoms with Crippen LogP contribution < -0.4 is 0 Å². The molecule has 20 heavy (non-hydrogen) atoms. The van der Waals surface area contributed by atoms with Crippen molar-refractivity contribution < 1.29 is 9.90 Å². The highest BCUT2D eigenvalue weighted by Crippen LogP contribution is 2.29. The molecule has 0 unspecified atom stereocenters. The van der Waals surface area contributed by atoms with Crippen LogP contribution in [0.2, 0.25) is 0 Å². The highest BCUT2D eigenvalue weighted by atomic mass is 32.1. The molecule has 1 aliphatic heterocycles. The molecule has 2 aromatic heterocycles. The fourth-order valence-corrected chi connectivity index (χ4v) is 4.22. The molecule has 0 aromatic carbocycles. The molecule has 3 heterocycles. The molecule has 3 rings (SSSR count). The van der Waals surface area contributed by atoms with E-state index in [0.717, 1.165) is 42.5 Å². The summed E-state index contributed by atoms with van der Waals surface area (Å²) in [6.07, 6.45) is 1.84. The van der Waals surface area contributed by atoms with Gasteiger partial charge in [0.15, 0.2) is 0 Å². The molecule has 0 fully saturated rings. The molecular weight excluding hydrogens is 294 g/mol. The second-order valence-electron chi connectivity index (χ2n) is 4.77. The molecule has 0 saturated heterocycles.